The minimum atomic E-state index is -0.624. The number of unbranched alkanes of at least 4 members (excludes halogenated alkanes) is 2. The molecule has 1 aromatic carbocycles. The zero-order valence-corrected chi connectivity index (χ0v) is 17.6. The monoisotopic (exact) mass is 371 g/mol. The summed E-state index contributed by atoms with van der Waals surface area (Å²) in [5.74, 6) is 0.254. The van der Waals surface area contributed by atoms with E-state index in [0.717, 1.165) is 53.8 Å². The predicted octanol–water partition coefficient (Wildman–Crippen LogP) is 6.92. The molecule has 27 heavy (non-hydrogen) atoms. The molecule has 0 saturated heterocycles. The summed E-state index contributed by atoms with van der Waals surface area (Å²) < 4.78 is 13.6. The third kappa shape index (κ3) is 4.95. The molecule has 0 aliphatic rings. The van der Waals surface area contributed by atoms with Crippen molar-refractivity contribution < 1.29 is 9.50 Å². The van der Waals surface area contributed by atoms with Gasteiger partial charge in [0.15, 0.2) is 0 Å². The Morgan fingerprint density at radius 3 is 2.00 bits per heavy atom. The van der Waals surface area contributed by atoms with E-state index in [2.05, 4.69) is 34.6 Å². The Kier molecular flexibility index (Phi) is 7.55. The van der Waals surface area contributed by atoms with E-state index in [4.69, 9.17) is 4.98 Å². The van der Waals surface area contributed by atoms with Gasteiger partial charge in [0.05, 0.1) is 6.10 Å². The quantitative estimate of drug-likeness (QED) is 0.511. The SMILES string of the molecule is CCCCCc1c(C(C)C)nc(C(C)C)c([C@@H](C)O)c1-c1ccc(F)cc1. The van der Waals surface area contributed by atoms with E-state index in [0.29, 0.717) is 5.92 Å². The minimum absolute atomic E-state index is 0.205. The van der Waals surface area contributed by atoms with E-state index in [1.54, 1.807) is 6.92 Å². The number of hydrogen-bond donors (Lipinski definition) is 1. The molecule has 1 aromatic heterocycles. The van der Waals surface area contributed by atoms with Crippen LogP contribution >= 0.6 is 0 Å². The lowest BCUT2D eigenvalue weighted by atomic mass is 9.83. The van der Waals surface area contributed by atoms with Gasteiger partial charge in [-0.1, -0.05) is 59.6 Å². The summed E-state index contributed by atoms with van der Waals surface area (Å²) in [7, 11) is 0. The van der Waals surface area contributed by atoms with E-state index >= 15 is 0 Å². The third-order valence-corrected chi connectivity index (χ3v) is 5.07. The molecule has 1 N–H and O–H groups in total. The van der Waals surface area contributed by atoms with Crippen molar-refractivity contribution in [2.75, 3.05) is 0 Å². The molecular weight excluding hydrogens is 337 g/mol. The van der Waals surface area contributed by atoms with E-state index < -0.39 is 6.10 Å². The number of benzene rings is 1. The number of aliphatic hydroxyl groups excluding tert-OH is 1. The van der Waals surface area contributed by atoms with Crippen LogP contribution in [-0.2, 0) is 6.42 Å². The topological polar surface area (TPSA) is 33.1 Å². The number of aliphatic hydroxyl groups is 1. The van der Waals surface area contributed by atoms with E-state index in [9.17, 15) is 9.50 Å². The van der Waals surface area contributed by atoms with E-state index in [1.165, 1.54) is 17.7 Å². The molecule has 0 unspecified atom stereocenters. The molecule has 1 heterocycles. The average molecular weight is 372 g/mol. The molecule has 0 radical (unpaired) electrons. The van der Waals surface area contributed by atoms with Crippen molar-refractivity contribution >= 4 is 0 Å². The Bertz CT molecular complexity index is 748. The summed E-state index contributed by atoms with van der Waals surface area (Å²) in [6, 6.07) is 6.66. The maximum atomic E-state index is 13.6. The average Bonchev–Trinajstić information content (AvgIpc) is 2.61. The number of pyridine rings is 1. The van der Waals surface area contributed by atoms with Crippen LogP contribution in [0.25, 0.3) is 11.1 Å². The molecular formula is C24H34FNO. The number of hydrogen-bond acceptors (Lipinski definition) is 2. The van der Waals surface area contributed by atoms with Crippen LogP contribution in [0.4, 0.5) is 4.39 Å². The van der Waals surface area contributed by atoms with Gasteiger partial charge in [0.25, 0.3) is 0 Å². The van der Waals surface area contributed by atoms with Crippen LogP contribution in [0.5, 0.6) is 0 Å². The third-order valence-electron chi connectivity index (χ3n) is 5.07. The fourth-order valence-corrected chi connectivity index (χ4v) is 3.77. The molecule has 2 nitrogen and oxygen atoms in total. The summed E-state index contributed by atoms with van der Waals surface area (Å²) >= 11 is 0. The van der Waals surface area contributed by atoms with Crippen molar-refractivity contribution in [2.24, 2.45) is 0 Å². The van der Waals surface area contributed by atoms with Gasteiger partial charge in [0, 0.05) is 17.0 Å². The zero-order valence-electron chi connectivity index (χ0n) is 17.6. The van der Waals surface area contributed by atoms with Gasteiger partial charge in [0.2, 0.25) is 0 Å². The first-order chi connectivity index (χ1) is 12.8. The standard InChI is InChI=1S/C24H34FNO/c1-7-8-9-10-20-22(18-11-13-19(25)14-12-18)21(17(6)27)24(16(4)5)26-23(20)15(2)3/h11-17,27H,7-10H2,1-6H3/t17-/m1/s1. The molecule has 0 amide bonds. The van der Waals surface area contributed by atoms with Crippen LogP contribution in [-0.4, -0.2) is 10.1 Å². The summed E-state index contributed by atoms with van der Waals surface area (Å²) in [5.41, 5.74) is 6.19. The molecule has 0 aliphatic carbocycles. The number of halogens is 1. The Morgan fingerprint density at radius 2 is 1.52 bits per heavy atom. The van der Waals surface area contributed by atoms with Crippen molar-refractivity contribution in [1.82, 2.24) is 4.98 Å². The molecule has 1 atom stereocenters. The number of aromatic nitrogens is 1. The first kappa shape index (κ1) is 21.6. The van der Waals surface area contributed by atoms with Crippen molar-refractivity contribution in [3.05, 3.63) is 52.6 Å². The van der Waals surface area contributed by atoms with Crippen molar-refractivity contribution in [3.8, 4) is 11.1 Å². The van der Waals surface area contributed by atoms with Crippen LogP contribution in [0.2, 0.25) is 0 Å². The fourth-order valence-electron chi connectivity index (χ4n) is 3.77. The van der Waals surface area contributed by atoms with Gasteiger partial charge in [-0.2, -0.15) is 0 Å². The number of rotatable bonds is 8. The Hall–Kier alpha value is -1.74. The highest BCUT2D eigenvalue weighted by atomic mass is 19.1. The van der Waals surface area contributed by atoms with Gasteiger partial charge in [0.1, 0.15) is 5.82 Å². The van der Waals surface area contributed by atoms with Crippen LogP contribution in [0, 0.1) is 5.82 Å². The Labute approximate surface area is 163 Å². The van der Waals surface area contributed by atoms with Gasteiger partial charge in [-0.05, 0) is 60.4 Å². The maximum Gasteiger partial charge on any atom is 0.123 e. The maximum absolute atomic E-state index is 13.6. The second kappa shape index (κ2) is 9.45. The van der Waals surface area contributed by atoms with Gasteiger partial charge in [-0.15, -0.1) is 0 Å². The van der Waals surface area contributed by atoms with Crippen molar-refractivity contribution in [1.29, 1.82) is 0 Å². The molecule has 0 spiro atoms. The fraction of sp³-hybridized carbons (Fsp3) is 0.542. The summed E-state index contributed by atoms with van der Waals surface area (Å²) in [5, 5.41) is 10.7. The van der Waals surface area contributed by atoms with E-state index in [1.807, 2.05) is 12.1 Å². The molecule has 0 fully saturated rings. The highest BCUT2D eigenvalue weighted by Gasteiger charge is 2.25. The van der Waals surface area contributed by atoms with Crippen molar-refractivity contribution in [2.45, 2.75) is 85.2 Å². The lowest BCUT2D eigenvalue weighted by molar-refractivity contribution is 0.197. The summed E-state index contributed by atoms with van der Waals surface area (Å²) in [6.07, 6.45) is 3.71. The molecule has 2 aromatic rings. The second-order valence-corrected chi connectivity index (χ2v) is 8.10. The molecule has 3 heteroatoms. The molecule has 0 saturated carbocycles. The summed E-state index contributed by atoms with van der Waals surface area (Å²) in [6.45, 7) is 12.6. The largest absolute Gasteiger partial charge is 0.389 e. The smallest absolute Gasteiger partial charge is 0.123 e. The molecule has 2 rings (SSSR count). The zero-order chi connectivity index (χ0) is 20.1. The Morgan fingerprint density at radius 1 is 0.926 bits per heavy atom. The van der Waals surface area contributed by atoms with Crippen LogP contribution < -0.4 is 0 Å². The first-order valence-electron chi connectivity index (χ1n) is 10.3. The normalized spacial score (nSPS) is 12.8. The van der Waals surface area contributed by atoms with Gasteiger partial charge >= 0.3 is 0 Å². The first-order valence-corrected chi connectivity index (χ1v) is 10.3. The minimum Gasteiger partial charge on any atom is -0.389 e. The predicted molar refractivity (Wildman–Crippen MR) is 112 cm³/mol. The van der Waals surface area contributed by atoms with Gasteiger partial charge in [-0.25, -0.2) is 4.39 Å². The lowest BCUT2D eigenvalue weighted by Gasteiger charge is -2.26. The van der Waals surface area contributed by atoms with Gasteiger partial charge in [-0.3, -0.25) is 4.98 Å². The highest BCUT2D eigenvalue weighted by molar-refractivity contribution is 5.73. The van der Waals surface area contributed by atoms with Crippen LogP contribution in [0.1, 0.15) is 101 Å². The Balaban J connectivity index is 2.84. The molecule has 148 valence electrons. The molecule has 0 bridgehead atoms. The molecule has 0 aliphatic heterocycles. The van der Waals surface area contributed by atoms with E-state index in [-0.39, 0.29) is 11.7 Å². The summed E-state index contributed by atoms with van der Waals surface area (Å²) in [4.78, 5) is 5.04. The number of nitrogens with zero attached hydrogens (tertiary/aromatic N) is 1. The van der Waals surface area contributed by atoms with Crippen LogP contribution in [0.3, 0.4) is 0 Å². The highest BCUT2D eigenvalue weighted by Crippen LogP contribution is 2.40. The second-order valence-electron chi connectivity index (χ2n) is 8.10. The van der Waals surface area contributed by atoms with Crippen molar-refractivity contribution in [3.63, 3.8) is 0 Å². The lowest BCUT2D eigenvalue weighted by Crippen LogP contribution is -2.14. The van der Waals surface area contributed by atoms with Gasteiger partial charge < -0.3 is 5.11 Å². The van der Waals surface area contributed by atoms with Crippen LogP contribution in [0.15, 0.2) is 24.3 Å².